The van der Waals surface area contributed by atoms with E-state index in [4.69, 9.17) is 9.47 Å². The number of hydrogen-bond acceptors (Lipinski definition) is 8. The van der Waals surface area contributed by atoms with E-state index in [1.165, 1.54) is 0 Å². The highest BCUT2D eigenvalue weighted by molar-refractivity contribution is 6.00. The molecule has 0 fully saturated rings. The van der Waals surface area contributed by atoms with Gasteiger partial charge in [0.05, 0.1) is 38.7 Å². The van der Waals surface area contributed by atoms with Crippen molar-refractivity contribution in [1.82, 2.24) is 10.6 Å². The third-order valence-corrected chi connectivity index (χ3v) is 7.06. The lowest BCUT2D eigenvalue weighted by Crippen LogP contribution is -2.23. The molecule has 8 nitrogen and oxygen atoms in total. The standard InChI is InChI=1S/C30H35FN6O2.2ClH/c1-36(18-22-10-8-20(16-26(22)38-3)29-32-12-13-33-29)24-6-5-7-25(28(24)31)37(2)19-23-11-9-21(17-27(23)39-4)30-34-14-15-35-30;;/h5-11,16-17H,12-15,18-19H2,1-4H3,(H,32,33)(H,34,35);2*1H. The van der Waals surface area contributed by atoms with E-state index in [-0.39, 0.29) is 30.6 Å². The second-order valence-electron chi connectivity index (χ2n) is 9.69. The van der Waals surface area contributed by atoms with Gasteiger partial charge in [-0.05, 0) is 24.3 Å². The fourth-order valence-electron chi connectivity index (χ4n) is 5.01. The summed E-state index contributed by atoms with van der Waals surface area (Å²) in [6.45, 7) is 4.21. The van der Waals surface area contributed by atoms with Gasteiger partial charge in [0.15, 0.2) is 5.82 Å². The first-order chi connectivity index (χ1) is 19.0. The van der Waals surface area contributed by atoms with Crippen LogP contribution in [0.5, 0.6) is 11.5 Å². The second kappa shape index (κ2) is 14.3. The highest BCUT2D eigenvalue weighted by atomic mass is 35.5. The third kappa shape index (κ3) is 6.97. The van der Waals surface area contributed by atoms with E-state index in [1.54, 1.807) is 26.4 Å². The zero-order chi connectivity index (χ0) is 27.4. The summed E-state index contributed by atoms with van der Waals surface area (Å²) in [5.74, 6) is 2.98. The van der Waals surface area contributed by atoms with Crippen LogP contribution in [-0.2, 0) is 13.1 Å². The van der Waals surface area contributed by atoms with Gasteiger partial charge in [0.1, 0.15) is 23.2 Å². The van der Waals surface area contributed by atoms with E-state index in [9.17, 15) is 0 Å². The van der Waals surface area contributed by atoms with Crippen molar-refractivity contribution in [2.45, 2.75) is 13.1 Å². The normalized spacial score (nSPS) is 13.6. The minimum Gasteiger partial charge on any atom is -0.496 e. The molecule has 0 aliphatic carbocycles. The monoisotopic (exact) mass is 602 g/mol. The van der Waals surface area contributed by atoms with Gasteiger partial charge in [-0.15, -0.1) is 24.8 Å². The van der Waals surface area contributed by atoms with Crippen LogP contribution in [0.15, 0.2) is 64.6 Å². The van der Waals surface area contributed by atoms with Crippen LogP contribution < -0.4 is 29.9 Å². The lowest BCUT2D eigenvalue weighted by molar-refractivity contribution is 0.409. The molecule has 0 amide bonds. The number of amidine groups is 2. The molecule has 41 heavy (non-hydrogen) atoms. The van der Waals surface area contributed by atoms with Gasteiger partial charge in [0, 0.05) is 62.5 Å². The van der Waals surface area contributed by atoms with Crippen molar-refractivity contribution in [1.29, 1.82) is 0 Å². The van der Waals surface area contributed by atoms with E-state index >= 15 is 4.39 Å². The van der Waals surface area contributed by atoms with Crippen molar-refractivity contribution in [2.75, 3.05) is 64.3 Å². The second-order valence-corrected chi connectivity index (χ2v) is 9.69. The van der Waals surface area contributed by atoms with Gasteiger partial charge < -0.3 is 29.9 Å². The summed E-state index contributed by atoms with van der Waals surface area (Å²) in [5, 5.41) is 6.58. The number of methoxy groups -OCH3 is 2. The van der Waals surface area contributed by atoms with Gasteiger partial charge in [-0.3, -0.25) is 9.98 Å². The maximum absolute atomic E-state index is 15.9. The highest BCUT2D eigenvalue weighted by Crippen LogP contribution is 2.32. The summed E-state index contributed by atoms with van der Waals surface area (Å²) in [7, 11) is 7.09. The molecular weight excluding hydrogens is 566 g/mol. The largest absolute Gasteiger partial charge is 0.496 e. The molecule has 11 heteroatoms. The Kier molecular flexibility index (Phi) is 11.1. The zero-order valence-electron chi connectivity index (χ0n) is 23.7. The molecule has 3 aromatic carbocycles. The molecule has 0 unspecified atom stereocenters. The minimum absolute atomic E-state index is 0. The molecule has 0 bridgehead atoms. The molecule has 0 radical (unpaired) electrons. The van der Waals surface area contributed by atoms with Crippen molar-refractivity contribution in [3.8, 4) is 11.5 Å². The van der Waals surface area contributed by atoms with Crippen molar-refractivity contribution in [2.24, 2.45) is 9.98 Å². The maximum Gasteiger partial charge on any atom is 0.169 e. The number of anilines is 2. The van der Waals surface area contributed by atoms with Crippen LogP contribution in [-0.4, -0.2) is 66.2 Å². The van der Waals surface area contributed by atoms with Gasteiger partial charge in [-0.2, -0.15) is 0 Å². The lowest BCUT2D eigenvalue weighted by Gasteiger charge is -2.26. The quantitative estimate of drug-likeness (QED) is 0.352. The van der Waals surface area contributed by atoms with Crippen LogP contribution in [0.4, 0.5) is 15.8 Å². The smallest absolute Gasteiger partial charge is 0.169 e. The number of hydrogen-bond donors (Lipinski definition) is 2. The van der Waals surface area contributed by atoms with Crippen LogP contribution in [0, 0.1) is 5.82 Å². The van der Waals surface area contributed by atoms with E-state index in [0.29, 0.717) is 24.5 Å². The summed E-state index contributed by atoms with van der Waals surface area (Å²) in [5.41, 5.74) is 4.93. The summed E-state index contributed by atoms with van der Waals surface area (Å²) in [6.07, 6.45) is 0. The molecule has 2 aliphatic rings. The highest BCUT2D eigenvalue weighted by Gasteiger charge is 2.19. The van der Waals surface area contributed by atoms with Crippen molar-refractivity contribution < 1.29 is 13.9 Å². The molecule has 3 aromatic rings. The average Bonchev–Trinajstić information content (AvgIpc) is 3.69. The molecule has 2 N–H and O–H groups in total. The molecule has 0 aromatic heterocycles. The van der Waals surface area contributed by atoms with Crippen LogP contribution >= 0.6 is 24.8 Å². The van der Waals surface area contributed by atoms with Crippen molar-refractivity contribution >= 4 is 47.9 Å². The number of nitrogens with one attached hydrogen (secondary N) is 2. The Morgan fingerprint density at radius 3 is 1.54 bits per heavy atom. The number of benzene rings is 3. The predicted octanol–water partition coefficient (Wildman–Crippen LogP) is 4.66. The van der Waals surface area contributed by atoms with Gasteiger partial charge >= 0.3 is 0 Å². The zero-order valence-corrected chi connectivity index (χ0v) is 25.4. The van der Waals surface area contributed by atoms with Crippen LogP contribution in [0.1, 0.15) is 22.3 Å². The fraction of sp³-hybridized carbons (Fsp3) is 0.333. The average molecular weight is 604 g/mol. The Morgan fingerprint density at radius 2 is 1.17 bits per heavy atom. The number of ether oxygens (including phenoxy) is 2. The molecule has 0 saturated heterocycles. The third-order valence-electron chi connectivity index (χ3n) is 7.06. The maximum atomic E-state index is 15.9. The van der Waals surface area contributed by atoms with Gasteiger partial charge in [-0.25, -0.2) is 4.39 Å². The fourth-order valence-corrected chi connectivity index (χ4v) is 5.01. The summed E-state index contributed by atoms with van der Waals surface area (Å²) < 4.78 is 27.2. The SMILES string of the molecule is COc1cc(C2=NCCN2)ccc1CN(C)c1cccc(N(C)Cc2ccc(C3=NCCN3)cc2OC)c1F.Cl.Cl. The summed E-state index contributed by atoms with van der Waals surface area (Å²) >= 11 is 0. The molecule has 0 spiro atoms. The first-order valence-corrected chi connectivity index (χ1v) is 13.1. The van der Waals surface area contributed by atoms with Crippen molar-refractivity contribution in [3.05, 3.63) is 82.7 Å². The van der Waals surface area contributed by atoms with E-state index in [2.05, 4.69) is 20.6 Å². The first-order valence-electron chi connectivity index (χ1n) is 13.1. The van der Waals surface area contributed by atoms with Crippen LogP contribution in [0.3, 0.4) is 0 Å². The Labute approximate surface area is 253 Å². The number of halogens is 3. The summed E-state index contributed by atoms with van der Waals surface area (Å²) in [4.78, 5) is 12.8. The molecular formula is C30H37Cl2FN6O2. The molecule has 5 rings (SSSR count). The number of rotatable bonds is 10. The molecule has 2 heterocycles. The topological polar surface area (TPSA) is 73.7 Å². The van der Waals surface area contributed by atoms with E-state index in [1.807, 2.05) is 66.4 Å². The lowest BCUT2D eigenvalue weighted by atomic mass is 10.1. The van der Waals surface area contributed by atoms with Crippen molar-refractivity contribution in [3.63, 3.8) is 0 Å². The van der Waals surface area contributed by atoms with E-state index in [0.717, 1.165) is 71.6 Å². The molecule has 2 aliphatic heterocycles. The predicted molar refractivity (Wildman–Crippen MR) is 170 cm³/mol. The summed E-state index contributed by atoms with van der Waals surface area (Å²) in [6, 6.07) is 17.5. The van der Waals surface area contributed by atoms with E-state index < -0.39 is 0 Å². The minimum atomic E-state index is -0.275. The Morgan fingerprint density at radius 1 is 0.732 bits per heavy atom. The molecule has 0 saturated carbocycles. The van der Waals surface area contributed by atoms with Gasteiger partial charge in [0.25, 0.3) is 0 Å². The Bertz CT molecular complexity index is 1320. The van der Waals surface area contributed by atoms with Gasteiger partial charge in [0.2, 0.25) is 0 Å². The molecule has 220 valence electrons. The number of aliphatic imine (C=N–C) groups is 2. The van der Waals surface area contributed by atoms with Gasteiger partial charge in [-0.1, -0.05) is 30.3 Å². The Hall–Kier alpha value is -3.69. The first kappa shape index (κ1) is 31.8. The number of nitrogens with zero attached hydrogens (tertiary/aromatic N) is 4. The molecule has 0 atom stereocenters. The Balaban J connectivity index is 0.00000231. The van der Waals surface area contributed by atoms with Crippen LogP contribution in [0.25, 0.3) is 0 Å². The van der Waals surface area contributed by atoms with Crippen LogP contribution in [0.2, 0.25) is 0 Å².